The van der Waals surface area contributed by atoms with Crippen molar-refractivity contribution in [2.75, 3.05) is 0 Å². The first-order valence-electron chi connectivity index (χ1n) is 7.02. The number of pyridine rings is 1. The summed E-state index contributed by atoms with van der Waals surface area (Å²) in [5.74, 6) is 1.42. The second-order valence-corrected chi connectivity index (χ2v) is 5.60. The lowest BCUT2D eigenvalue weighted by Crippen LogP contribution is -2.20. The molecule has 0 aromatic carbocycles. The molecule has 1 heterocycles. The standard InChI is InChI=1S/C15H24N2O/c1-11(2)18-15-8-13(9-17-10-15)12-5-3-4-6-14(16)7-12/h8-12,14H,3-7,16H2,1-2H3. The van der Waals surface area contributed by atoms with Crippen LogP contribution in [0.15, 0.2) is 18.5 Å². The number of rotatable bonds is 3. The molecule has 0 spiro atoms. The molecule has 3 nitrogen and oxygen atoms in total. The topological polar surface area (TPSA) is 48.1 Å². The number of hydrogen-bond donors (Lipinski definition) is 1. The van der Waals surface area contributed by atoms with Crippen LogP contribution in [0.2, 0.25) is 0 Å². The zero-order valence-electron chi connectivity index (χ0n) is 11.4. The minimum Gasteiger partial charge on any atom is -0.489 e. The van der Waals surface area contributed by atoms with Crippen molar-refractivity contribution >= 4 is 0 Å². The molecule has 100 valence electrons. The SMILES string of the molecule is CC(C)Oc1cncc(C2CCCCC(N)C2)c1. The van der Waals surface area contributed by atoms with Crippen LogP contribution < -0.4 is 10.5 Å². The van der Waals surface area contributed by atoms with Gasteiger partial charge in [-0.1, -0.05) is 12.8 Å². The number of ether oxygens (including phenoxy) is 1. The Kier molecular flexibility index (Phi) is 4.59. The van der Waals surface area contributed by atoms with Gasteiger partial charge in [0.25, 0.3) is 0 Å². The highest BCUT2D eigenvalue weighted by atomic mass is 16.5. The van der Waals surface area contributed by atoms with E-state index in [-0.39, 0.29) is 6.10 Å². The fraction of sp³-hybridized carbons (Fsp3) is 0.667. The first-order valence-corrected chi connectivity index (χ1v) is 7.02. The van der Waals surface area contributed by atoms with Crippen LogP contribution in [-0.4, -0.2) is 17.1 Å². The smallest absolute Gasteiger partial charge is 0.138 e. The Labute approximate surface area is 110 Å². The second-order valence-electron chi connectivity index (χ2n) is 5.60. The van der Waals surface area contributed by atoms with E-state index in [0.717, 1.165) is 18.6 Å². The van der Waals surface area contributed by atoms with Gasteiger partial charge in [-0.05, 0) is 50.7 Å². The van der Waals surface area contributed by atoms with Gasteiger partial charge in [-0.3, -0.25) is 4.98 Å². The minimum atomic E-state index is 0.193. The third kappa shape index (κ3) is 3.70. The molecule has 2 atom stereocenters. The zero-order chi connectivity index (χ0) is 13.0. The van der Waals surface area contributed by atoms with E-state index in [1.165, 1.54) is 24.8 Å². The summed E-state index contributed by atoms with van der Waals surface area (Å²) < 4.78 is 5.71. The number of hydrogen-bond acceptors (Lipinski definition) is 3. The van der Waals surface area contributed by atoms with E-state index >= 15 is 0 Å². The van der Waals surface area contributed by atoms with E-state index in [0.29, 0.717) is 12.0 Å². The molecule has 1 aliphatic carbocycles. The summed E-state index contributed by atoms with van der Waals surface area (Å²) in [4.78, 5) is 4.30. The van der Waals surface area contributed by atoms with E-state index in [4.69, 9.17) is 10.5 Å². The van der Waals surface area contributed by atoms with Crippen molar-refractivity contribution in [3.05, 3.63) is 24.0 Å². The van der Waals surface area contributed by atoms with Gasteiger partial charge in [-0.15, -0.1) is 0 Å². The molecule has 1 aromatic rings. The van der Waals surface area contributed by atoms with E-state index in [1.54, 1.807) is 6.20 Å². The molecular weight excluding hydrogens is 224 g/mol. The molecule has 0 aliphatic heterocycles. The van der Waals surface area contributed by atoms with Gasteiger partial charge in [-0.2, -0.15) is 0 Å². The molecule has 0 bridgehead atoms. The van der Waals surface area contributed by atoms with E-state index in [9.17, 15) is 0 Å². The minimum absolute atomic E-state index is 0.193. The molecule has 0 amide bonds. The van der Waals surface area contributed by atoms with Crippen LogP contribution in [0.25, 0.3) is 0 Å². The van der Waals surface area contributed by atoms with E-state index in [1.807, 2.05) is 20.0 Å². The Morgan fingerprint density at radius 3 is 2.83 bits per heavy atom. The summed E-state index contributed by atoms with van der Waals surface area (Å²) in [5, 5.41) is 0. The third-order valence-corrected chi connectivity index (χ3v) is 3.54. The largest absolute Gasteiger partial charge is 0.489 e. The van der Waals surface area contributed by atoms with Gasteiger partial charge in [0, 0.05) is 12.2 Å². The lowest BCUT2D eigenvalue weighted by Gasteiger charge is -2.18. The van der Waals surface area contributed by atoms with Crippen LogP contribution in [0.1, 0.15) is 57.4 Å². The molecule has 2 rings (SSSR count). The summed E-state index contributed by atoms with van der Waals surface area (Å²) in [6.45, 7) is 4.07. The highest BCUT2D eigenvalue weighted by molar-refractivity contribution is 5.26. The monoisotopic (exact) mass is 248 g/mol. The number of nitrogens with zero attached hydrogens (tertiary/aromatic N) is 1. The molecular formula is C15H24N2O. The molecule has 1 aromatic heterocycles. The fourth-order valence-corrected chi connectivity index (χ4v) is 2.70. The van der Waals surface area contributed by atoms with Crippen LogP contribution in [-0.2, 0) is 0 Å². The van der Waals surface area contributed by atoms with Gasteiger partial charge in [0.05, 0.1) is 12.3 Å². The highest BCUT2D eigenvalue weighted by Gasteiger charge is 2.19. The molecule has 1 aliphatic rings. The van der Waals surface area contributed by atoms with Gasteiger partial charge in [-0.25, -0.2) is 0 Å². The van der Waals surface area contributed by atoms with Crippen molar-refractivity contribution < 1.29 is 4.74 Å². The molecule has 18 heavy (non-hydrogen) atoms. The van der Waals surface area contributed by atoms with Crippen LogP contribution >= 0.6 is 0 Å². The average Bonchev–Trinajstić information content (AvgIpc) is 2.53. The summed E-state index contributed by atoms with van der Waals surface area (Å²) in [5.41, 5.74) is 7.41. The predicted molar refractivity (Wildman–Crippen MR) is 73.8 cm³/mol. The van der Waals surface area contributed by atoms with Gasteiger partial charge in [0.2, 0.25) is 0 Å². The molecule has 2 unspecified atom stereocenters. The molecule has 1 fully saturated rings. The van der Waals surface area contributed by atoms with Crippen molar-refractivity contribution in [3.63, 3.8) is 0 Å². The Morgan fingerprint density at radius 1 is 1.28 bits per heavy atom. The Bertz CT molecular complexity index is 379. The first kappa shape index (κ1) is 13.3. The summed E-state index contributed by atoms with van der Waals surface area (Å²) in [7, 11) is 0. The molecule has 1 saturated carbocycles. The first-order chi connectivity index (χ1) is 8.65. The summed E-state index contributed by atoms with van der Waals surface area (Å²) >= 11 is 0. The Hall–Kier alpha value is -1.09. The molecule has 0 radical (unpaired) electrons. The summed E-state index contributed by atoms with van der Waals surface area (Å²) in [6.07, 6.45) is 9.94. The highest BCUT2D eigenvalue weighted by Crippen LogP contribution is 2.32. The average molecular weight is 248 g/mol. The van der Waals surface area contributed by atoms with Gasteiger partial charge in [0.1, 0.15) is 5.75 Å². The molecule has 3 heteroatoms. The number of nitrogens with two attached hydrogens (primary N) is 1. The lowest BCUT2D eigenvalue weighted by molar-refractivity contribution is 0.241. The van der Waals surface area contributed by atoms with Gasteiger partial charge >= 0.3 is 0 Å². The van der Waals surface area contributed by atoms with E-state index in [2.05, 4.69) is 11.1 Å². The van der Waals surface area contributed by atoms with Crippen molar-refractivity contribution in [1.82, 2.24) is 4.98 Å². The normalized spacial score (nSPS) is 24.9. The van der Waals surface area contributed by atoms with Crippen molar-refractivity contribution in [3.8, 4) is 5.75 Å². The Morgan fingerprint density at radius 2 is 2.06 bits per heavy atom. The maximum absolute atomic E-state index is 6.13. The Balaban J connectivity index is 2.11. The lowest BCUT2D eigenvalue weighted by atomic mass is 9.91. The molecule has 2 N–H and O–H groups in total. The molecule has 0 saturated heterocycles. The predicted octanol–water partition coefficient (Wildman–Crippen LogP) is 3.24. The second kappa shape index (κ2) is 6.19. The van der Waals surface area contributed by atoms with Crippen molar-refractivity contribution in [2.45, 2.75) is 64.0 Å². The van der Waals surface area contributed by atoms with Crippen molar-refractivity contribution in [2.24, 2.45) is 5.73 Å². The van der Waals surface area contributed by atoms with Gasteiger partial charge < -0.3 is 10.5 Å². The van der Waals surface area contributed by atoms with Gasteiger partial charge in [0.15, 0.2) is 0 Å². The van der Waals surface area contributed by atoms with Crippen LogP contribution in [0.3, 0.4) is 0 Å². The maximum Gasteiger partial charge on any atom is 0.138 e. The third-order valence-electron chi connectivity index (χ3n) is 3.54. The maximum atomic E-state index is 6.13. The summed E-state index contributed by atoms with van der Waals surface area (Å²) in [6, 6.07) is 2.47. The van der Waals surface area contributed by atoms with Crippen LogP contribution in [0, 0.1) is 0 Å². The van der Waals surface area contributed by atoms with Crippen LogP contribution in [0.5, 0.6) is 5.75 Å². The van der Waals surface area contributed by atoms with Crippen LogP contribution in [0.4, 0.5) is 0 Å². The zero-order valence-corrected chi connectivity index (χ0v) is 11.4. The number of aromatic nitrogens is 1. The quantitative estimate of drug-likeness (QED) is 0.835. The van der Waals surface area contributed by atoms with E-state index < -0.39 is 0 Å². The van der Waals surface area contributed by atoms with Crippen molar-refractivity contribution in [1.29, 1.82) is 0 Å². The fourth-order valence-electron chi connectivity index (χ4n) is 2.70.